The molecule has 3 aromatic rings. The number of benzene rings is 1. The van der Waals surface area contributed by atoms with Gasteiger partial charge in [-0.3, -0.25) is 19.3 Å². The smallest absolute Gasteiger partial charge is 0.256 e. The Morgan fingerprint density at radius 1 is 1.04 bits per heavy atom. The number of amides is 3. The molecule has 8 heteroatoms. The lowest BCUT2D eigenvalue weighted by Crippen LogP contribution is -2.28. The Morgan fingerprint density at radius 3 is 2.48 bits per heavy atom. The Hall–Kier alpha value is -3.13. The Labute approximate surface area is 146 Å². The van der Waals surface area contributed by atoms with Gasteiger partial charge in [0.25, 0.3) is 5.91 Å². The van der Waals surface area contributed by atoms with Crippen LogP contribution >= 0.6 is 11.3 Å². The second-order valence-electron chi connectivity index (χ2n) is 5.49. The van der Waals surface area contributed by atoms with Gasteiger partial charge in [-0.2, -0.15) is 0 Å². The molecule has 7 nitrogen and oxygen atoms in total. The number of nitrogens with one attached hydrogen (secondary N) is 1. The number of rotatable bonds is 3. The summed E-state index contributed by atoms with van der Waals surface area (Å²) in [6.07, 6.45) is 1.86. The average Bonchev–Trinajstić information content (AvgIpc) is 3.22. The van der Waals surface area contributed by atoms with Crippen LogP contribution in [0.1, 0.15) is 23.2 Å². The standard InChI is InChI=1S/C17H12N4O3S/c22-13-5-6-14(23)21(13)11-3-1-10(2-4-11)16(24)20-15-12-7-8-25-17(12)19-9-18-15/h1-4,7-9H,5-6H2,(H,18,19,20,24). The number of carbonyl (C=O) groups is 3. The Morgan fingerprint density at radius 2 is 1.76 bits per heavy atom. The minimum atomic E-state index is -0.322. The fraction of sp³-hybridized carbons (Fsp3) is 0.118. The van der Waals surface area contributed by atoms with E-state index < -0.39 is 0 Å². The van der Waals surface area contributed by atoms with E-state index in [9.17, 15) is 14.4 Å². The number of hydrogen-bond acceptors (Lipinski definition) is 6. The number of imide groups is 1. The zero-order valence-corrected chi connectivity index (χ0v) is 13.7. The molecule has 1 aliphatic heterocycles. The normalized spacial score (nSPS) is 14.3. The van der Waals surface area contributed by atoms with Crippen molar-refractivity contribution in [2.45, 2.75) is 12.8 Å². The van der Waals surface area contributed by atoms with Gasteiger partial charge in [0, 0.05) is 18.4 Å². The summed E-state index contributed by atoms with van der Waals surface area (Å²) in [5.74, 6) is -0.312. The molecule has 0 saturated carbocycles. The summed E-state index contributed by atoms with van der Waals surface area (Å²) >= 11 is 1.47. The molecule has 2 aromatic heterocycles. The molecule has 0 atom stereocenters. The van der Waals surface area contributed by atoms with Gasteiger partial charge < -0.3 is 5.32 Å². The van der Waals surface area contributed by atoms with E-state index in [1.807, 2.05) is 11.4 Å². The van der Waals surface area contributed by atoms with Crippen LogP contribution in [-0.2, 0) is 9.59 Å². The molecule has 25 heavy (non-hydrogen) atoms. The number of fused-ring (bicyclic) bond motifs is 1. The second-order valence-corrected chi connectivity index (χ2v) is 6.38. The van der Waals surface area contributed by atoms with Gasteiger partial charge in [0.1, 0.15) is 17.0 Å². The Kier molecular flexibility index (Phi) is 3.73. The lowest BCUT2D eigenvalue weighted by Gasteiger charge is -2.14. The maximum absolute atomic E-state index is 12.4. The quantitative estimate of drug-likeness (QED) is 0.732. The minimum Gasteiger partial charge on any atom is -0.306 e. The maximum atomic E-state index is 12.4. The lowest BCUT2D eigenvalue weighted by atomic mass is 10.2. The molecule has 124 valence electrons. The van der Waals surface area contributed by atoms with Crippen LogP contribution in [0.5, 0.6) is 0 Å². The topological polar surface area (TPSA) is 92.3 Å². The summed E-state index contributed by atoms with van der Waals surface area (Å²) in [7, 11) is 0. The molecule has 3 amide bonds. The van der Waals surface area contributed by atoms with Crippen molar-refractivity contribution in [2.24, 2.45) is 0 Å². The highest BCUT2D eigenvalue weighted by molar-refractivity contribution is 7.16. The highest BCUT2D eigenvalue weighted by Gasteiger charge is 2.30. The van der Waals surface area contributed by atoms with Crippen molar-refractivity contribution in [3.63, 3.8) is 0 Å². The van der Waals surface area contributed by atoms with Gasteiger partial charge in [-0.15, -0.1) is 11.3 Å². The average molecular weight is 352 g/mol. The van der Waals surface area contributed by atoms with E-state index in [1.54, 1.807) is 24.3 Å². The molecule has 1 fully saturated rings. The van der Waals surface area contributed by atoms with Crippen molar-refractivity contribution in [3.05, 3.63) is 47.6 Å². The molecule has 0 spiro atoms. The number of anilines is 2. The number of hydrogen-bond donors (Lipinski definition) is 1. The van der Waals surface area contributed by atoms with E-state index in [2.05, 4.69) is 15.3 Å². The van der Waals surface area contributed by atoms with Gasteiger partial charge in [-0.05, 0) is 35.7 Å². The molecule has 0 bridgehead atoms. The van der Waals surface area contributed by atoms with Crippen molar-refractivity contribution in [1.82, 2.24) is 9.97 Å². The lowest BCUT2D eigenvalue weighted by molar-refractivity contribution is -0.121. The van der Waals surface area contributed by atoms with Crippen LogP contribution in [0, 0.1) is 0 Å². The third-order valence-electron chi connectivity index (χ3n) is 3.93. The molecule has 1 aliphatic rings. The monoisotopic (exact) mass is 352 g/mol. The van der Waals surface area contributed by atoms with E-state index in [1.165, 1.54) is 17.7 Å². The largest absolute Gasteiger partial charge is 0.306 e. The van der Waals surface area contributed by atoms with Crippen molar-refractivity contribution in [2.75, 3.05) is 10.2 Å². The highest BCUT2D eigenvalue weighted by atomic mass is 32.1. The SMILES string of the molecule is O=C(Nc1ncnc2sccc12)c1ccc(N2C(=O)CCC2=O)cc1. The maximum Gasteiger partial charge on any atom is 0.256 e. The molecule has 0 aliphatic carbocycles. The third kappa shape index (κ3) is 2.76. The summed E-state index contributed by atoms with van der Waals surface area (Å²) in [6, 6.07) is 8.20. The van der Waals surface area contributed by atoms with Gasteiger partial charge in [-0.1, -0.05) is 0 Å². The fourth-order valence-electron chi connectivity index (χ4n) is 2.70. The zero-order valence-electron chi connectivity index (χ0n) is 12.9. The summed E-state index contributed by atoms with van der Waals surface area (Å²) < 4.78 is 0. The predicted octanol–water partition coefficient (Wildman–Crippen LogP) is 2.60. The number of carbonyl (C=O) groups excluding carboxylic acids is 3. The molecule has 1 N–H and O–H groups in total. The Bertz CT molecular complexity index is 981. The van der Waals surface area contributed by atoms with Crippen LogP contribution in [0.4, 0.5) is 11.5 Å². The first kappa shape index (κ1) is 15.4. The summed E-state index contributed by atoms with van der Waals surface area (Å²) in [5, 5.41) is 5.43. The van der Waals surface area contributed by atoms with Crippen LogP contribution in [-0.4, -0.2) is 27.7 Å². The second kappa shape index (κ2) is 6.06. The van der Waals surface area contributed by atoms with Crippen LogP contribution < -0.4 is 10.2 Å². The van der Waals surface area contributed by atoms with E-state index in [-0.39, 0.29) is 30.6 Å². The number of aromatic nitrogens is 2. The third-order valence-corrected chi connectivity index (χ3v) is 4.75. The van der Waals surface area contributed by atoms with Crippen molar-refractivity contribution in [3.8, 4) is 0 Å². The summed E-state index contributed by atoms with van der Waals surface area (Å²) in [6.45, 7) is 0. The van der Waals surface area contributed by atoms with Crippen LogP contribution in [0.2, 0.25) is 0 Å². The molecule has 1 aromatic carbocycles. The highest BCUT2D eigenvalue weighted by Crippen LogP contribution is 2.25. The van der Waals surface area contributed by atoms with Crippen LogP contribution in [0.25, 0.3) is 10.2 Å². The molecular formula is C17H12N4O3S. The van der Waals surface area contributed by atoms with Crippen molar-refractivity contribution >= 4 is 50.8 Å². The summed E-state index contributed by atoms with van der Waals surface area (Å²) in [5.41, 5.74) is 0.885. The molecule has 4 rings (SSSR count). The first-order chi connectivity index (χ1) is 12.1. The minimum absolute atomic E-state index is 0.219. The number of nitrogens with zero attached hydrogens (tertiary/aromatic N) is 3. The van der Waals surface area contributed by atoms with Crippen molar-refractivity contribution < 1.29 is 14.4 Å². The van der Waals surface area contributed by atoms with Gasteiger partial charge in [0.2, 0.25) is 11.8 Å². The molecule has 3 heterocycles. The van der Waals surface area contributed by atoms with E-state index in [0.29, 0.717) is 17.1 Å². The van der Waals surface area contributed by atoms with Gasteiger partial charge in [0.05, 0.1) is 11.1 Å². The first-order valence-corrected chi connectivity index (χ1v) is 8.47. The fourth-order valence-corrected chi connectivity index (χ4v) is 3.43. The van der Waals surface area contributed by atoms with E-state index in [0.717, 1.165) is 15.1 Å². The first-order valence-electron chi connectivity index (χ1n) is 7.59. The van der Waals surface area contributed by atoms with Crippen LogP contribution in [0.3, 0.4) is 0 Å². The van der Waals surface area contributed by atoms with E-state index in [4.69, 9.17) is 0 Å². The van der Waals surface area contributed by atoms with Gasteiger partial charge >= 0.3 is 0 Å². The molecule has 1 saturated heterocycles. The predicted molar refractivity (Wildman–Crippen MR) is 93.5 cm³/mol. The van der Waals surface area contributed by atoms with Crippen LogP contribution in [0.15, 0.2) is 42.0 Å². The van der Waals surface area contributed by atoms with Crippen molar-refractivity contribution in [1.29, 1.82) is 0 Å². The van der Waals surface area contributed by atoms with Gasteiger partial charge in [0.15, 0.2) is 0 Å². The zero-order chi connectivity index (χ0) is 17.4. The molecule has 0 unspecified atom stereocenters. The van der Waals surface area contributed by atoms with Gasteiger partial charge in [-0.25, -0.2) is 9.97 Å². The van der Waals surface area contributed by atoms with E-state index >= 15 is 0 Å². The number of thiophene rings is 1. The molecule has 0 radical (unpaired) electrons. The Balaban J connectivity index is 1.56. The summed E-state index contributed by atoms with van der Waals surface area (Å²) in [4.78, 5) is 46.1. The molecular weight excluding hydrogens is 340 g/mol.